The number of carbonyl (C=O) groups is 2. The second-order valence-electron chi connectivity index (χ2n) is 2.92. The number of hydrogen-bond acceptors (Lipinski definition) is 3. The van der Waals surface area contributed by atoms with Gasteiger partial charge in [-0.25, -0.2) is 4.79 Å². The van der Waals surface area contributed by atoms with Gasteiger partial charge in [0.2, 0.25) is 5.91 Å². The number of carboxylic acid groups (broad SMARTS) is 1. The molecule has 0 spiro atoms. The zero-order chi connectivity index (χ0) is 10.3. The topological polar surface area (TPSA) is 75.6 Å². The SMILES string of the molecule is CC(C)NC(=O)CCOCC(=O)O. The fourth-order valence-electron chi connectivity index (χ4n) is 0.718. The highest BCUT2D eigenvalue weighted by Crippen LogP contribution is 1.85. The zero-order valence-corrected chi connectivity index (χ0v) is 7.87. The molecule has 0 radical (unpaired) electrons. The van der Waals surface area contributed by atoms with Gasteiger partial charge in [-0.3, -0.25) is 4.79 Å². The minimum atomic E-state index is -1.02. The van der Waals surface area contributed by atoms with Crippen LogP contribution in [0.1, 0.15) is 20.3 Å². The maximum absolute atomic E-state index is 11.0. The third kappa shape index (κ3) is 8.81. The lowest BCUT2D eigenvalue weighted by atomic mass is 10.3. The molecule has 0 aromatic rings. The van der Waals surface area contributed by atoms with Crippen LogP contribution >= 0.6 is 0 Å². The van der Waals surface area contributed by atoms with E-state index in [1.54, 1.807) is 0 Å². The van der Waals surface area contributed by atoms with E-state index in [1.807, 2.05) is 13.8 Å². The van der Waals surface area contributed by atoms with Crippen LogP contribution in [0.15, 0.2) is 0 Å². The molecule has 5 heteroatoms. The molecule has 0 aliphatic rings. The van der Waals surface area contributed by atoms with E-state index < -0.39 is 5.97 Å². The highest BCUT2D eigenvalue weighted by Gasteiger charge is 2.03. The summed E-state index contributed by atoms with van der Waals surface area (Å²) in [6, 6.07) is 0.104. The van der Waals surface area contributed by atoms with Gasteiger partial charge in [-0.1, -0.05) is 0 Å². The molecule has 0 unspecified atom stereocenters. The van der Waals surface area contributed by atoms with Gasteiger partial charge in [0.1, 0.15) is 6.61 Å². The van der Waals surface area contributed by atoms with Crippen molar-refractivity contribution in [1.82, 2.24) is 5.32 Å². The average molecular weight is 189 g/mol. The van der Waals surface area contributed by atoms with Crippen molar-refractivity contribution in [1.29, 1.82) is 0 Å². The van der Waals surface area contributed by atoms with E-state index in [4.69, 9.17) is 5.11 Å². The molecule has 0 atom stereocenters. The summed E-state index contributed by atoms with van der Waals surface area (Å²) in [7, 11) is 0. The molecule has 0 aromatic heterocycles. The molecule has 0 fully saturated rings. The Morgan fingerprint density at radius 1 is 1.46 bits per heavy atom. The smallest absolute Gasteiger partial charge is 0.329 e. The largest absolute Gasteiger partial charge is 0.480 e. The van der Waals surface area contributed by atoms with E-state index in [0.29, 0.717) is 0 Å². The number of amides is 1. The highest BCUT2D eigenvalue weighted by atomic mass is 16.5. The molecule has 1 amide bonds. The fourth-order valence-corrected chi connectivity index (χ4v) is 0.718. The van der Waals surface area contributed by atoms with Crippen molar-refractivity contribution >= 4 is 11.9 Å². The highest BCUT2D eigenvalue weighted by molar-refractivity contribution is 5.76. The van der Waals surface area contributed by atoms with Crippen molar-refractivity contribution in [3.8, 4) is 0 Å². The number of aliphatic carboxylic acids is 1. The minimum Gasteiger partial charge on any atom is -0.480 e. The van der Waals surface area contributed by atoms with Crippen molar-refractivity contribution in [2.24, 2.45) is 0 Å². The lowest BCUT2D eigenvalue weighted by molar-refractivity contribution is -0.143. The fraction of sp³-hybridized carbons (Fsp3) is 0.750. The number of carboxylic acids is 1. The third-order valence-electron chi connectivity index (χ3n) is 1.15. The predicted octanol–water partition coefficient (Wildman–Crippen LogP) is 0.00230. The second kappa shape index (κ2) is 6.42. The van der Waals surface area contributed by atoms with E-state index in [9.17, 15) is 9.59 Å². The molecule has 0 bridgehead atoms. The monoisotopic (exact) mass is 189 g/mol. The molecule has 0 rings (SSSR count). The van der Waals surface area contributed by atoms with Crippen molar-refractivity contribution < 1.29 is 19.4 Å². The normalized spacial score (nSPS) is 10.1. The van der Waals surface area contributed by atoms with Gasteiger partial charge in [0, 0.05) is 12.5 Å². The second-order valence-corrected chi connectivity index (χ2v) is 2.92. The van der Waals surface area contributed by atoms with Gasteiger partial charge in [0.05, 0.1) is 6.61 Å². The van der Waals surface area contributed by atoms with Gasteiger partial charge in [-0.15, -0.1) is 0 Å². The average Bonchev–Trinajstić information content (AvgIpc) is 1.96. The first-order valence-corrected chi connectivity index (χ1v) is 4.11. The lowest BCUT2D eigenvalue weighted by Gasteiger charge is -2.07. The van der Waals surface area contributed by atoms with Crippen LogP contribution in [0.4, 0.5) is 0 Å². The Morgan fingerprint density at radius 2 is 2.08 bits per heavy atom. The molecule has 0 saturated carbocycles. The molecule has 5 nitrogen and oxygen atoms in total. The molecular weight excluding hydrogens is 174 g/mol. The lowest BCUT2D eigenvalue weighted by Crippen LogP contribution is -2.30. The zero-order valence-electron chi connectivity index (χ0n) is 7.87. The van der Waals surface area contributed by atoms with E-state index in [2.05, 4.69) is 10.1 Å². The van der Waals surface area contributed by atoms with Crippen LogP contribution in [0.5, 0.6) is 0 Å². The van der Waals surface area contributed by atoms with Gasteiger partial charge >= 0.3 is 5.97 Å². The van der Waals surface area contributed by atoms with Crippen LogP contribution in [-0.2, 0) is 14.3 Å². The van der Waals surface area contributed by atoms with Crippen molar-refractivity contribution in [3.05, 3.63) is 0 Å². The van der Waals surface area contributed by atoms with Crippen molar-refractivity contribution in [2.45, 2.75) is 26.3 Å². The Balaban J connectivity index is 3.32. The Labute approximate surface area is 77.1 Å². The Hall–Kier alpha value is -1.10. The molecule has 0 aromatic carbocycles. The van der Waals surface area contributed by atoms with Gasteiger partial charge in [0.15, 0.2) is 0 Å². The Morgan fingerprint density at radius 3 is 2.54 bits per heavy atom. The summed E-state index contributed by atoms with van der Waals surface area (Å²) >= 11 is 0. The summed E-state index contributed by atoms with van der Waals surface area (Å²) in [4.78, 5) is 21.0. The standard InChI is InChI=1S/C8H15NO4/c1-6(2)9-7(10)3-4-13-5-8(11)12/h6H,3-5H2,1-2H3,(H,9,10)(H,11,12). The van der Waals surface area contributed by atoms with Crippen LogP contribution in [0.25, 0.3) is 0 Å². The van der Waals surface area contributed by atoms with Crippen LogP contribution in [0.3, 0.4) is 0 Å². The summed E-state index contributed by atoms with van der Waals surface area (Å²) in [6.07, 6.45) is 0.200. The van der Waals surface area contributed by atoms with Crippen LogP contribution in [-0.4, -0.2) is 36.2 Å². The summed E-state index contributed by atoms with van der Waals surface area (Å²) in [5.41, 5.74) is 0. The molecular formula is C8H15NO4. The molecule has 0 aliphatic carbocycles. The first kappa shape index (κ1) is 11.9. The Kier molecular flexibility index (Phi) is 5.88. The summed E-state index contributed by atoms with van der Waals surface area (Å²) < 4.78 is 4.69. The van der Waals surface area contributed by atoms with Crippen molar-refractivity contribution in [3.63, 3.8) is 0 Å². The quantitative estimate of drug-likeness (QED) is 0.577. The maximum Gasteiger partial charge on any atom is 0.329 e. The number of hydrogen-bond donors (Lipinski definition) is 2. The number of ether oxygens (including phenoxy) is 1. The maximum atomic E-state index is 11.0. The molecule has 0 aliphatic heterocycles. The summed E-state index contributed by atoms with van der Waals surface area (Å²) in [5, 5.41) is 10.9. The molecule has 13 heavy (non-hydrogen) atoms. The number of carbonyl (C=O) groups excluding carboxylic acids is 1. The minimum absolute atomic E-state index is 0.104. The number of rotatable bonds is 6. The molecule has 2 N–H and O–H groups in total. The van der Waals surface area contributed by atoms with Gasteiger partial charge in [-0.05, 0) is 13.8 Å². The first-order valence-electron chi connectivity index (χ1n) is 4.11. The van der Waals surface area contributed by atoms with Crippen molar-refractivity contribution in [2.75, 3.05) is 13.2 Å². The summed E-state index contributed by atoms with van der Waals surface area (Å²) in [5.74, 6) is -1.15. The first-order chi connectivity index (χ1) is 6.02. The van der Waals surface area contributed by atoms with Crippen LogP contribution < -0.4 is 5.32 Å². The van der Waals surface area contributed by atoms with E-state index in [-0.39, 0.29) is 31.6 Å². The van der Waals surface area contributed by atoms with Gasteiger partial charge in [0.25, 0.3) is 0 Å². The van der Waals surface area contributed by atoms with E-state index in [0.717, 1.165) is 0 Å². The van der Waals surface area contributed by atoms with E-state index >= 15 is 0 Å². The predicted molar refractivity (Wildman–Crippen MR) is 46.4 cm³/mol. The molecule has 0 saturated heterocycles. The Bertz CT molecular complexity index is 179. The molecule has 76 valence electrons. The number of nitrogens with one attached hydrogen (secondary N) is 1. The third-order valence-corrected chi connectivity index (χ3v) is 1.15. The van der Waals surface area contributed by atoms with Crippen LogP contribution in [0.2, 0.25) is 0 Å². The summed E-state index contributed by atoms with van der Waals surface area (Å²) in [6.45, 7) is 3.51. The van der Waals surface area contributed by atoms with Gasteiger partial charge < -0.3 is 15.2 Å². The van der Waals surface area contributed by atoms with E-state index in [1.165, 1.54) is 0 Å². The van der Waals surface area contributed by atoms with Crippen LogP contribution in [0, 0.1) is 0 Å². The molecule has 0 heterocycles. The van der Waals surface area contributed by atoms with Gasteiger partial charge in [-0.2, -0.15) is 0 Å².